The van der Waals surface area contributed by atoms with Crippen LogP contribution in [-0.4, -0.2) is 13.1 Å². The molecule has 0 bridgehead atoms. The first-order valence-corrected chi connectivity index (χ1v) is 3.40. The summed E-state index contributed by atoms with van der Waals surface area (Å²) in [6.45, 7) is 0. The van der Waals surface area contributed by atoms with Gasteiger partial charge >= 0.3 is 0 Å². The van der Waals surface area contributed by atoms with Gasteiger partial charge in [0, 0.05) is 12.3 Å². The molecule has 0 aliphatic rings. The fourth-order valence-electron chi connectivity index (χ4n) is 0.696. The average Bonchev–Trinajstić information content (AvgIpc) is 2.36. The number of hydrogen-bond acceptors (Lipinski definition) is 4. The third-order valence-corrected chi connectivity index (χ3v) is 1.86. The summed E-state index contributed by atoms with van der Waals surface area (Å²) >= 11 is 1.11. The summed E-state index contributed by atoms with van der Waals surface area (Å²) in [5.41, 5.74) is 0.532. The van der Waals surface area contributed by atoms with E-state index in [0.717, 1.165) is 11.7 Å². The molecule has 0 amide bonds. The molecule has 2 heterocycles. The summed E-state index contributed by atoms with van der Waals surface area (Å²) < 4.78 is 5.23. The Morgan fingerprint density at radius 1 is 1.60 bits per heavy atom. The van der Waals surface area contributed by atoms with Crippen molar-refractivity contribution in [3.05, 3.63) is 28.8 Å². The van der Waals surface area contributed by atoms with Gasteiger partial charge in [-0.2, -0.15) is 8.16 Å². The molecule has 2 aromatic rings. The van der Waals surface area contributed by atoms with Crippen LogP contribution in [0.15, 0.2) is 23.3 Å². The number of aromatic nitrogens is 3. The Hall–Kier alpha value is -1.23. The molecule has 0 saturated heterocycles. The maximum Gasteiger partial charge on any atom is 0.268 e. The molecule has 0 radical (unpaired) electrons. The standard InChI is InChI=1S/C5H3N3OS/c9-5-1-2-6-4-3-7-10-8(4)5/h1-3H. The summed E-state index contributed by atoms with van der Waals surface area (Å²) in [4.78, 5) is 14.8. The van der Waals surface area contributed by atoms with Gasteiger partial charge in [0.15, 0.2) is 5.65 Å². The van der Waals surface area contributed by atoms with Crippen LogP contribution in [0.3, 0.4) is 0 Å². The SMILES string of the molecule is O=c1ccnc2cnsn12. The normalized spacial score (nSPS) is 10.4. The van der Waals surface area contributed by atoms with Gasteiger partial charge in [0.05, 0.1) is 17.9 Å². The quantitative estimate of drug-likeness (QED) is 0.541. The zero-order chi connectivity index (χ0) is 6.97. The van der Waals surface area contributed by atoms with Gasteiger partial charge in [-0.1, -0.05) is 0 Å². The van der Waals surface area contributed by atoms with E-state index in [9.17, 15) is 4.79 Å². The summed E-state index contributed by atoms with van der Waals surface area (Å²) in [5, 5.41) is 0. The Kier molecular flexibility index (Phi) is 1.04. The van der Waals surface area contributed by atoms with Crippen molar-refractivity contribution in [1.82, 2.24) is 13.1 Å². The van der Waals surface area contributed by atoms with E-state index < -0.39 is 0 Å². The molecule has 2 aromatic heterocycles. The number of fused-ring (bicyclic) bond motifs is 1. The molecule has 0 unspecified atom stereocenters. The number of nitrogens with zero attached hydrogens (tertiary/aromatic N) is 3. The summed E-state index contributed by atoms with van der Waals surface area (Å²) in [6, 6.07) is 1.41. The van der Waals surface area contributed by atoms with Gasteiger partial charge in [0.2, 0.25) is 0 Å². The Morgan fingerprint density at radius 2 is 2.50 bits per heavy atom. The molecule has 0 aliphatic carbocycles. The largest absolute Gasteiger partial charge is 0.268 e. The summed E-state index contributed by atoms with van der Waals surface area (Å²) in [5.74, 6) is 0. The Labute approximate surface area is 60.1 Å². The van der Waals surface area contributed by atoms with Gasteiger partial charge in [-0.25, -0.2) is 4.98 Å². The van der Waals surface area contributed by atoms with E-state index in [-0.39, 0.29) is 5.56 Å². The smallest absolute Gasteiger partial charge is 0.268 e. The van der Waals surface area contributed by atoms with Crippen molar-refractivity contribution < 1.29 is 0 Å². The van der Waals surface area contributed by atoms with Gasteiger partial charge in [-0.3, -0.25) is 4.79 Å². The molecule has 0 N–H and O–H groups in total. The minimum absolute atomic E-state index is 0.0764. The average molecular weight is 153 g/mol. The van der Waals surface area contributed by atoms with Crippen molar-refractivity contribution >= 4 is 17.4 Å². The second-order valence-electron chi connectivity index (χ2n) is 1.75. The van der Waals surface area contributed by atoms with Crippen LogP contribution >= 0.6 is 11.7 Å². The molecule has 0 atom stereocenters. The van der Waals surface area contributed by atoms with Crippen LogP contribution < -0.4 is 5.56 Å². The molecular formula is C5H3N3OS. The highest BCUT2D eigenvalue weighted by Gasteiger charge is 1.95. The molecule has 0 saturated carbocycles. The molecule has 10 heavy (non-hydrogen) atoms. The van der Waals surface area contributed by atoms with Crippen LogP contribution in [0.2, 0.25) is 0 Å². The van der Waals surface area contributed by atoms with E-state index in [4.69, 9.17) is 0 Å². The second-order valence-corrected chi connectivity index (χ2v) is 2.49. The van der Waals surface area contributed by atoms with Gasteiger partial charge < -0.3 is 0 Å². The molecule has 50 valence electrons. The fraction of sp³-hybridized carbons (Fsp3) is 0. The van der Waals surface area contributed by atoms with Gasteiger partial charge in [-0.15, -0.1) is 0 Å². The summed E-state index contributed by atoms with van der Waals surface area (Å²) in [7, 11) is 0. The zero-order valence-electron chi connectivity index (χ0n) is 4.89. The lowest BCUT2D eigenvalue weighted by Gasteiger charge is -1.83. The first-order chi connectivity index (χ1) is 4.88. The molecule has 0 spiro atoms. The zero-order valence-corrected chi connectivity index (χ0v) is 5.71. The van der Waals surface area contributed by atoms with Crippen molar-refractivity contribution in [2.45, 2.75) is 0 Å². The monoisotopic (exact) mass is 153 g/mol. The van der Waals surface area contributed by atoms with Gasteiger partial charge in [0.1, 0.15) is 0 Å². The van der Waals surface area contributed by atoms with E-state index in [0.29, 0.717) is 5.65 Å². The van der Waals surface area contributed by atoms with Crippen molar-refractivity contribution in [1.29, 1.82) is 0 Å². The predicted octanol–water partition coefficient (Wildman–Crippen LogP) is 0.151. The van der Waals surface area contributed by atoms with Crippen LogP contribution in [0.5, 0.6) is 0 Å². The van der Waals surface area contributed by atoms with Crippen LogP contribution in [-0.2, 0) is 0 Å². The highest BCUT2D eigenvalue weighted by atomic mass is 32.1. The van der Waals surface area contributed by atoms with Crippen LogP contribution in [0, 0.1) is 0 Å². The van der Waals surface area contributed by atoms with Gasteiger partial charge in [0.25, 0.3) is 5.56 Å². The lowest BCUT2D eigenvalue weighted by atomic mass is 10.6. The second kappa shape index (κ2) is 1.88. The lowest BCUT2D eigenvalue weighted by Crippen LogP contribution is -2.07. The Morgan fingerprint density at radius 3 is 3.30 bits per heavy atom. The fourth-order valence-corrected chi connectivity index (χ4v) is 1.25. The first-order valence-electron chi connectivity index (χ1n) is 2.67. The highest BCUT2D eigenvalue weighted by Crippen LogP contribution is 1.95. The Balaban J connectivity index is 3.09. The van der Waals surface area contributed by atoms with Gasteiger partial charge in [-0.05, 0) is 0 Å². The number of hydrogen-bond donors (Lipinski definition) is 0. The molecule has 4 nitrogen and oxygen atoms in total. The molecule has 5 heteroatoms. The molecule has 2 rings (SSSR count). The van der Waals surface area contributed by atoms with Crippen LogP contribution in [0.1, 0.15) is 0 Å². The van der Waals surface area contributed by atoms with Crippen LogP contribution in [0.25, 0.3) is 5.65 Å². The molecular weight excluding hydrogens is 150 g/mol. The van der Waals surface area contributed by atoms with E-state index in [1.54, 1.807) is 6.20 Å². The van der Waals surface area contributed by atoms with Crippen LogP contribution in [0.4, 0.5) is 0 Å². The molecule has 0 fully saturated rings. The van der Waals surface area contributed by atoms with Crippen molar-refractivity contribution in [3.8, 4) is 0 Å². The highest BCUT2D eigenvalue weighted by molar-refractivity contribution is 7.00. The first kappa shape index (κ1) is 5.55. The van der Waals surface area contributed by atoms with Crippen molar-refractivity contribution in [3.63, 3.8) is 0 Å². The van der Waals surface area contributed by atoms with Crippen molar-refractivity contribution in [2.75, 3.05) is 0 Å². The van der Waals surface area contributed by atoms with E-state index in [1.807, 2.05) is 0 Å². The number of rotatable bonds is 0. The van der Waals surface area contributed by atoms with E-state index >= 15 is 0 Å². The lowest BCUT2D eigenvalue weighted by molar-refractivity contribution is 1.16. The minimum Gasteiger partial charge on any atom is -0.268 e. The molecule has 0 aromatic carbocycles. The molecule has 0 aliphatic heterocycles. The minimum atomic E-state index is -0.0764. The van der Waals surface area contributed by atoms with E-state index in [2.05, 4.69) is 9.36 Å². The van der Waals surface area contributed by atoms with E-state index in [1.165, 1.54) is 16.1 Å². The maximum atomic E-state index is 10.9. The predicted molar refractivity (Wildman–Crippen MR) is 37.1 cm³/mol. The maximum absolute atomic E-state index is 10.9. The summed E-state index contributed by atoms with van der Waals surface area (Å²) in [6.07, 6.45) is 3.04. The third kappa shape index (κ3) is 0.640. The third-order valence-electron chi connectivity index (χ3n) is 1.13. The topological polar surface area (TPSA) is 47.3 Å². The Bertz CT molecular complexity index is 404. The van der Waals surface area contributed by atoms with Crippen molar-refractivity contribution in [2.24, 2.45) is 0 Å².